The molecule has 0 aromatic carbocycles. The van der Waals surface area contributed by atoms with Gasteiger partial charge in [-0.1, -0.05) is 13.8 Å². The fourth-order valence-corrected chi connectivity index (χ4v) is 1.52. The second-order valence-electron chi connectivity index (χ2n) is 2.79. The molecule has 3 heteroatoms. The van der Waals surface area contributed by atoms with E-state index >= 15 is 0 Å². The van der Waals surface area contributed by atoms with Gasteiger partial charge in [-0.15, -0.1) is 0 Å². The van der Waals surface area contributed by atoms with Crippen LogP contribution >= 0.6 is 0 Å². The topological polar surface area (TPSA) is 18.5 Å². The van der Waals surface area contributed by atoms with Crippen LogP contribution in [0.4, 0.5) is 0 Å². The Morgan fingerprint density at radius 2 is 2.00 bits per heavy atom. The number of hydrogen-bond donors (Lipinski definition) is 0. The van der Waals surface area contributed by atoms with Crippen molar-refractivity contribution in [3.8, 4) is 0 Å². The lowest BCUT2D eigenvalue weighted by Crippen LogP contribution is -2.07. The van der Waals surface area contributed by atoms with Crippen molar-refractivity contribution in [2.24, 2.45) is 5.92 Å². The molecule has 0 aromatic heterocycles. The highest BCUT2D eigenvalue weighted by Crippen LogP contribution is 1.97. The fourth-order valence-electron chi connectivity index (χ4n) is 0.563. The summed E-state index contributed by atoms with van der Waals surface area (Å²) in [7, 11) is 1.47. The van der Waals surface area contributed by atoms with E-state index < -0.39 is 0 Å². The van der Waals surface area contributed by atoms with Gasteiger partial charge in [0.1, 0.15) is 0 Å². The third-order valence-corrected chi connectivity index (χ3v) is 3.24. The summed E-state index contributed by atoms with van der Waals surface area (Å²) in [5.41, 5.74) is 0. The predicted octanol–water partition coefficient (Wildman–Crippen LogP) is 0.808. The van der Waals surface area contributed by atoms with E-state index in [2.05, 4.69) is 13.8 Å². The Labute approximate surface area is 65.9 Å². The van der Waals surface area contributed by atoms with Crippen molar-refractivity contribution in [2.45, 2.75) is 19.9 Å². The van der Waals surface area contributed by atoms with E-state index in [0.717, 1.165) is 19.1 Å². The molecule has 0 atom stereocenters. The second-order valence-corrected chi connectivity index (χ2v) is 4.18. The first-order valence-corrected chi connectivity index (χ1v) is 5.41. The molecule has 0 N–H and O–H groups in total. The van der Waals surface area contributed by atoms with Gasteiger partial charge in [0.15, 0.2) is 9.76 Å². The Morgan fingerprint density at radius 1 is 1.30 bits per heavy atom. The highest BCUT2D eigenvalue weighted by molar-refractivity contribution is 6.27. The number of hydrogen-bond acceptors (Lipinski definition) is 2. The number of rotatable bonds is 6. The van der Waals surface area contributed by atoms with Crippen molar-refractivity contribution in [1.29, 1.82) is 0 Å². The van der Waals surface area contributed by atoms with Crippen molar-refractivity contribution >= 4 is 9.76 Å². The molecule has 2 nitrogen and oxygen atoms in total. The summed E-state index contributed by atoms with van der Waals surface area (Å²) in [4.78, 5) is 0. The van der Waals surface area contributed by atoms with Crippen LogP contribution < -0.4 is 0 Å². The van der Waals surface area contributed by atoms with Gasteiger partial charge in [0.2, 0.25) is 0 Å². The zero-order valence-corrected chi connectivity index (χ0v) is 8.64. The van der Waals surface area contributed by atoms with Crippen LogP contribution in [0.15, 0.2) is 0 Å². The van der Waals surface area contributed by atoms with E-state index in [0.29, 0.717) is 0 Å². The molecule has 0 fully saturated rings. The summed E-state index contributed by atoms with van der Waals surface area (Å²) in [5.74, 6) is 0.800. The lowest BCUT2D eigenvalue weighted by molar-refractivity contribution is 0.148. The number of ether oxygens (including phenoxy) is 1. The highest BCUT2D eigenvalue weighted by atomic mass is 28.2. The third-order valence-electron chi connectivity index (χ3n) is 1.27. The van der Waals surface area contributed by atoms with Gasteiger partial charge >= 0.3 is 0 Å². The summed E-state index contributed by atoms with van der Waals surface area (Å²) in [6.07, 6.45) is 0. The molecule has 10 heavy (non-hydrogen) atoms. The minimum absolute atomic E-state index is 0.236. The zero-order valence-electron chi connectivity index (χ0n) is 7.22. The average molecular weight is 162 g/mol. The molecule has 0 radical (unpaired) electrons. The van der Waals surface area contributed by atoms with Crippen LogP contribution in [0.1, 0.15) is 13.8 Å². The number of methoxy groups -OCH3 is 1. The Kier molecular flexibility index (Phi) is 7.35. The van der Waals surface area contributed by atoms with Crippen LogP contribution in [0.2, 0.25) is 6.04 Å². The molecule has 0 amide bonds. The van der Waals surface area contributed by atoms with Gasteiger partial charge in [0.05, 0.1) is 13.2 Å². The normalized spacial score (nSPS) is 12.0. The molecule has 0 aliphatic rings. The van der Waals surface area contributed by atoms with Gasteiger partial charge in [-0.3, -0.25) is 0 Å². The zero-order chi connectivity index (χ0) is 7.82. The van der Waals surface area contributed by atoms with Gasteiger partial charge in [-0.25, -0.2) is 0 Å². The van der Waals surface area contributed by atoms with Crippen LogP contribution in [0.5, 0.6) is 0 Å². The van der Waals surface area contributed by atoms with Crippen LogP contribution in [0.3, 0.4) is 0 Å². The summed E-state index contributed by atoms with van der Waals surface area (Å²) in [5, 5.41) is 0. The Balaban J connectivity index is 2.77. The highest BCUT2D eigenvalue weighted by Gasteiger charge is 1.93. The molecule has 0 saturated carbocycles. The van der Waals surface area contributed by atoms with Crippen LogP contribution in [0, 0.1) is 5.92 Å². The van der Waals surface area contributed by atoms with E-state index in [1.54, 1.807) is 7.11 Å². The summed E-state index contributed by atoms with van der Waals surface area (Å²) in [6, 6.07) is 1.28. The Hall–Kier alpha value is 0.137. The second kappa shape index (κ2) is 7.25. The summed E-state index contributed by atoms with van der Waals surface area (Å²) < 4.78 is 10.2. The Bertz CT molecular complexity index is 66.6. The first-order chi connectivity index (χ1) is 4.77. The molecule has 0 heterocycles. The van der Waals surface area contributed by atoms with Crippen LogP contribution in [0.25, 0.3) is 0 Å². The van der Waals surface area contributed by atoms with Gasteiger partial charge in [0, 0.05) is 7.11 Å². The van der Waals surface area contributed by atoms with Gasteiger partial charge in [0.25, 0.3) is 0 Å². The lowest BCUT2D eigenvalue weighted by Gasteiger charge is -2.04. The molecule has 0 aliphatic carbocycles. The molecule has 0 aliphatic heterocycles. The largest absolute Gasteiger partial charge is 0.422 e. The quantitative estimate of drug-likeness (QED) is 0.425. The van der Waals surface area contributed by atoms with E-state index in [9.17, 15) is 0 Å². The fraction of sp³-hybridized carbons (Fsp3) is 1.00. The molecule has 0 aromatic rings. The van der Waals surface area contributed by atoms with Crippen molar-refractivity contribution in [2.75, 3.05) is 20.3 Å². The Morgan fingerprint density at radius 3 is 2.50 bits per heavy atom. The molecule has 0 rings (SSSR count). The van der Waals surface area contributed by atoms with Crippen molar-refractivity contribution in [3.63, 3.8) is 0 Å². The molecule has 0 unspecified atom stereocenters. The van der Waals surface area contributed by atoms with Gasteiger partial charge < -0.3 is 9.16 Å². The van der Waals surface area contributed by atoms with Crippen molar-refractivity contribution in [3.05, 3.63) is 0 Å². The minimum atomic E-state index is -0.236. The third kappa shape index (κ3) is 8.14. The van der Waals surface area contributed by atoms with Gasteiger partial charge in [-0.2, -0.15) is 0 Å². The van der Waals surface area contributed by atoms with Crippen molar-refractivity contribution in [1.82, 2.24) is 0 Å². The average Bonchev–Trinajstić information content (AvgIpc) is 1.87. The molecular formula is C7H18O2Si. The standard InChI is InChI=1S/C7H18O2Si/c1-7(2)6-10-9-5-4-8-3/h7H,4-6,10H2,1-3H3. The molecule has 0 bridgehead atoms. The summed E-state index contributed by atoms with van der Waals surface area (Å²) >= 11 is 0. The molecule has 0 spiro atoms. The summed E-state index contributed by atoms with van der Waals surface area (Å²) in [6.45, 7) is 5.99. The van der Waals surface area contributed by atoms with E-state index in [-0.39, 0.29) is 9.76 Å². The smallest absolute Gasteiger partial charge is 0.161 e. The van der Waals surface area contributed by atoms with E-state index in [1.165, 1.54) is 6.04 Å². The first-order valence-electron chi connectivity index (χ1n) is 3.84. The predicted molar refractivity (Wildman–Crippen MR) is 46.0 cm³/mol. The first kappa shape index (κ1) is 10.1. The van der Waals surface area contributed by atoms with Gasteiger partial charge in [-0.05, 0) is 12.0 Å². The SMILES string of the molecule is COCCO[SiH2]CC(C)C. The molecular weight excluding hydrogens is 144 g/mol. The van der Waals surface area contributed by atoms with E-state index in [1.807, 2.05) is 0 Å². The molecule has 62 valence electrons. The maximum Gasteiger partial charge on any atom is 0.161 e. The monoisotopic (exact) mass is 162 g/mol. The lowest BCUT2D eigenvalue weighted by atomic mass is 10.3. The van der Waals surface area contributed by atoms with Crippen molar-refractivity contribution < 1.29 is 9.16 Å². The van der Waals surface area contributed by atoms with Crippen LogP contribution in [-0.2, 0) is 9.16 Å². The van der Waals surface area contributed by atoms with E-state index in [4.69, 9.17) is 9.16 Å². The maximum atomic E-state index is 5.40. The molecule has 0 saturated heterocycles. The van der Waals surface area contributed by atoms with Crippen LogP contribution in [-0.4, -0.2) is 30.1 Å². The maximum absolute atomic E-state index is 5.40. The minimum Gasteiger partial charge on any atom is -0.422 e.